The molecule has 26 nitrogen and oxygen atoms in total. The van der Waals surface area contributed by atoms with Crippen LogP contribution in [0.3, 0.4) is 0 Å². The summed E-state index contributed by atoms with van der Waals surface area (Å²) in [5.41, 5.74) is 2.02. The number of carbonyl (C=O) groups is 1. The van der Waals surface area contributed by atoms with Crippen LogP contribution in [0.4, 0.5) is 61.7 Å². The molecule has 394 valence electrons. The second kappa shape index (κ2) is 35.3. The van der Waals surface area contributed by atoms with Gasteiger partial charge >= 0.3 is 154 Å². The number of carbonyl (C=O) groups excluding carboxylic acids is 1. The number of azo groups is 4. The summed E-state index contributed by atoms with van der Waals surface area (Å²) in [5.74, 6) is 0. The van der Waals surface area contributed by atoms with Gasteiger partial charge in [0.25, 0.3) is 0 Å². The smallest absolute Gasteiger partial charge is 0.744 e. The summed E-state index contributed by atoms with van der Waals surface area (Å²) in [5, 5.41) is 81.6. The van der Waals surface area contributed by atoms with E-state index in [1.165, 1.54) is 48.5 Å². The number of nitrogens with one attached hydrogen (secondary N) is 2. The maximum absolute atomic E-state index is 13.3. The van der Waals surface area contributed by atoms with E-state index in [-0.39, 0.29) is 181 Å². The Bertz CT molecular complexity index is 3870. The predicted octanol–water partition coefficient (Wildman–Crippen LogP) is -3.87. The number of anilines is 2. The summed E-state index contributed by atoms with van der Waals surface area (Å²) in [6, 6.07) is 35.5. The molecule has 36 heteroatoms. The molecule has 0 aliphatic heterocycles. The minimum absolute atomic E-state index is 0. The first-order valence-electron chi connectivity index (χ1n) is 21.2. The summed E-state index contributed by atoms with van der Waals surface area (Å²) in [6.07, 6.45) is 0. The van der Waals surface area contributed by atoms with Crippen LogP contribution in [0.15, 0.2) is 211 Å². The fraction of sp³-hybridized carbons (Fsp3) is 0.0217. The van der Waals surface area contributed by atoms with Crippen molar-refractivity contribution in [2.75, 3.05) is 10.6 Å². The summed E-state index contributed by atoms with van der Waals surface area (Å²) < 4.78 is 86.8. The van der Waals surface area contributed by atoms with Gasteiger partial charge in [-0.25, -0.2) is 21.6 Å². The van der Waals surface area contributed by atoms with Gasteiger partial charge in [-0.1, -0.05) is 12.1 Å². The second-order valence-corrected chi connectivity index (χ2v) is 20.3. The molecule has 0 aliphatic rings. The van der Waals surface area contributed by atoms with Crippen LogP contribution in [0.25, 0.3) is 21.5 Å². The molecule has 0 radical (unpaired) electrons. The Morgan fingerprint density at radius 3 is 1.23 bits per heavy atom. The van der Waals surface area contributed by atoms with Gasteiger partial charge in [0.1, 0.15) is 37.3 Å². The number of hydrogen-bond acceptors (Lipinski definition) is 27. The summed E-state index contributed by atoms with van der Waals surface area (Å²) in [4.78, 5) is 13.1. The summed E-state index contributed by atoms with van der Waals surface area (Å²) >= 11 is 1.81. The van der Waals surface area contributed by atoms with Crippen molar-refractivity contribution in [3.8, 4) is 0 Å². The molecule has 0 aliphatic carbocycles. The predicted molar refractivity (Wildman–Crippen MR) is 268 cm³/mol. The third-order valence-electron chi connectivity index (χ3n) is 10.2. The standard InChI is InChI=1S/C46H34N10O16S5.5Na/c1-26-18-29-19-33(4-2-27(29)21-41(26)55-53-39-16-10-35(24-44(39)76(61,62)63)51-49-31-6-12-37(13-7-31)73-70-67-58)47-46(57)48-34-5-3-28-22-42(43(75-72-69-60)23-30(28)20-34)56-54-40-17-11-36(25-45(40)77(64,65)66)52-50-32-8-14-38(15-9-32)74-71-68-59;;;;;/h2-25,58-60H,1H3,(H2,47,48,57)(H,61,62,63)(H,64,65,66);;;;;/q;5*+1/p-5. The van der Waals surface area contributed by atoms with Gasteiger partial charge in [0, 0.05) is 21.2 Å². The monoisotopic (exact) mass is 1250 g/mol. The Labute approximate surface area is 589 Å². The quantitative estimate of drug-likeness (QED) is 0.0174. The number of aryl methyl sites for hydroxylation is 1. The third-order valence-corrected chi connectivity index (χ3v) is 13.8. The summed E-state index contributed by atoms with van der Waals surface area (Å²) in [6.45, 7) is 1.74. The van der Waals surface area contributed by atoms with Crippen LogP contribution in [-0.4, -0.2) is 32.0 Å². The van der Waals surface area contributed by atoms with E-state index in [9.17, 15) is 46.5 Å². The van der Waals surface area contributed by atoms with Gasteiger partial charge in [0.05, 0.1) is 79.3 Å². The minimum atomic E-state index is -5.12. The molecule has 0 bridgehead atoms. The Morgan fingerprint density at radius 2 is 0.793 bits per heavy atom. The van der Waals surface area contributed by atoms with Crippen molar-refractivity contribution in [3.63, 3.8) is 0 Å². The SMILES string of the molecule is Cc1cc2cc(NC(=O)Nc3ccc4cc(N=Nc5ccc(N=Nc6ccc(SOO[O-])cc6)cc5S(=O)(=O)[O-])c(SOO[O-])cc4c3)ccc2cc1N=Nc1ccc(N=Nc2ccc(SOO[O-])cc2)cc1S(=O)(=O)[O-].[Na+].[Na+].[Na+].[Na+].[Na+]. The van der Waals surface area contributed by atoms with E-state index in [4.69, 9.17) is 0 Å². The zero-order valence-corrected chi connectivity index (χ0v) is 57.6. The van der Waals surface area contributed by atoms with E-state index in [0.717, 1.165) is 12.1 Å². The van der Waals surface area contributed by atoms with Crippen LogP contribution < -0.4 is 174 Å². The Hall–Kier alpha value is -2.54. The number of hydrogen-bond donors (Lipinski definition) is 2. The minimum Gasteiger partial charge on any atom is -0.744 e. The molecule has 0 saturated heterocycles. The fourth-order valence-corrected chi connectivity index (χ4v) is 9.23. The third kappa shape index (κ3) is 21.4. The van der Waals surface area contributed by atoms with Crippen LogP contribution in [-0.2, 0) is 48.4 Å². The van der Waals surface area contributed by atoms with Crippen molar-refractivity contribution in [1.29, 1.82) is 0 Å². The molecule has 8 aromatic rings. The molecular formula is C46H29N10Na5O16S5. The number of benzene rings is 8. The average Bonchev–Trinajstić information content (AvgIpc) is 3.45. The van der Waals surface area contributed by atoms with Crippen molar-refractivity contribution < 1.29 is 222 Å². The van der Waals surface area contributed by atoms with Crippen molar-refractivity contribution in [3.05, 3.63) is 151 Å². The van der Waals surface area contributed by atoms with Gasteiger partial charge < -0.3 is 35.5 Å². The number of rotatable bonds is 21. The van der Waals surface area contributed by atoms with Crippen molar-refractivity contribution in [2.24, 2.45) is 40.9 Å². The van der Waals surface area contributed by atoms with Crippen molar-refractivity contribution in [2.45, 2.75) is 31.4 Å². The van der Waals surface area contributed by atoms with Crippen LogP contribution in [0, 0.1) is 6.92 Å². The Kier molecular flexibility index (Phi) is 31.7. The first-order chi connectivity index (χ1) is 37.0. The first-order valence-corrected chi connectivity index (χ1v) is 26.3. The molecule has 0 unspecified atom stereocenters. The van der Waals surface area contributed by atoms with Gasteiger partial charge in [-0.15, -0.1) is 15.3 Å². The van der Waals surface area contributed by atoms with Gasteiger partial charge in [-0.2, -0.15) is 38.6 Å². The number of amides is 2. The number of nitrogens with zero attached hydrogens (tertiary/aromatic N) is 8. The van der Waals surface area contributed by atoms with Gasteiger partial charge in [-0.3, -0.25) is 15.1 Å². The van der Waals surface area contributed by atoms with Gasteiger partial charge in [0.15, 0.2) is 0 Å². The van der Waals surface area contributed by atoms with Gasteiger partial charge in [0.2, 0.25) is 0 Å². The molecule has 0 heterocycles. The Balaban J connectivity index is 0.00000353. The molecule has 8 rings (SSSR count). The topological polar surface area (TPSA) is 379 Å². The molecule has 0 spiro atoms. The average molecular weight is 1250 g/mol. The van der Waals surface area contributed by atoms with E-state index in [2.05, 4.69) is 79.7 Å². The van der Waals surface area contributed by atoms with Crippen LogP contribution >= 0.6 is 36.1 Å². The van der Waals surface area contributed by atoms with Crippen LogP contribution in [0.5, 0.6) is 0 Å². The van der Waals surface area contributed by atoms with E-state index >= 15 is 0 Å². The zero-order chi connectivity index (χ0) is 54.5. The maximum Gasteiger partial charge on any atom is 1.00 e. The normalized spacial score (nSPS) is 11.5. The summed E-state index contributed by atoms with van der Waals surface area (Å²) in [7, 11) is -10.2. The molecule has 8 aromatic carbocycles. The molecule has 2 amide bonds. The van der Waals surface area contributed by atoms with Crippen molar-refractivity contribution >= 4 is 141 Å². The van der Waals surface area contributed by atoms with E-state index in [1.807, 2.05) is 0 Å². The molecule has 0 saturated carbocycles. The number of fused-ring (bicyclic) bond motifs is 2. The Morgan fingerprint density at radius 1 is 0.415 bits per heavy atom. The largest absolute Gasteiger partial charge is 1.00 e. The van der Waals surface area contributed by atoms with E-state index in [0.29, 0.717) is 101 Å². The van der Waals surface area contributed by atoms with E-state index < -0.39 is 36.1 Å². The molecule has 0 atom stereocenters. The molecule has 82 heavy (non-hydrogen) atoms. The molecule has 0 aromatic heterocycles. The number of urea groups is 1. The van der Waals surface area contributed by atoms with Crippen molar-refractivity contribution in [1.82, 2.24) is 0 Å². The zero-order valence-electron chi connectivity index (χ0n) is 43.5. The van der Waals surface area contributed by atoms with Gasteiger partial charge in [-0.05, 0) is 167 Å². The van der Waals surface area contributed by atoms with Crippen LogP contribution in [0.2, 0.25) is 0 Å². The van der Waals surface area contributed by atoms with Crippen LogP contribution in [0.1, 0.15) is 5.56 Å². The van der Waals surface area contributed by atoms with E-state index in [1.54, 1.807) is 91.9 Å². The fourth-order valence-electron chi connectivity index (χ4n) is 6.80. The maximum atomic E-state index is 13.3. The first kappa shape index (κ1) is 73.7. The molecule has 0 fully saturated rings. The second-order valence-electron chi connectivity index (χ2n) is 15.3. The molecule has 2 N–H and O–H groups in total. The molecular weight excluding hydrogens is 1220 g/mol.